The van der Waals surface area contributed by atoms with Crippen LogP contribution in [0.3, 0.4) is 0 Å². The fraction of sp³-hybridized carbons (Fsp3) is 0.571. The molecule has 1 fully saturated rings. The van der Waals surface area contributed by atoms with E-state index in [1.807, 2.05) is 13.8 Å². The molecule has 0 N–H and O–H groups in total. The maximum Gasteiger partial charge on any atom is 0.422 e. The van der Waals surface area contributed by atoms with E-state index >= 15 is 0 Å². The van der Waals surface area contributed by atoms with Crippen molar-refractivity contribution in [2.45, 2.75) is 32.2 Å². The minimum absolute atomic E-state index is 0.0213. The Bertz CT molecular complexity index is 526. The molecule has 0 radical (unpaired) electrons. The van der Waals surface area contributed by atoms with Crippen LogP contribution in [0.4, 0.5) is 13.2 Å². The Labute approximate surface area is 126 Å². The third kappa shape index (κ3) is 4.33. The number of aromatic nitrogens is 1. The average molecular weight is 318 g/mol. The van der Waals surface area contributed by atoms with Crippen molar-refractivity contribution in [3.05, 3.63) is 23.9 Å². The molecule has 22 heavy (non-hydrogen) atoms. The molecule has 0 spiro atoms. The summed E-state index contributed by atoms with van der Waals surface area (Å²) in [5.41, 5.74) is 0.0213. The van der Waals surface area contributed by atoms with Crippen LogP contribution in [0.5, 0.6) is 5.88 Å². The average Bonchev–Trinajstić information content (AvgIpc) is 2.43. The van der Waals surface area contributed by atoms with Crippen LogP contribution in [0.1, 0.15) is 24.2 Å². The number of hydrogen-bond acceptors (Lipinski definition) is 4. The summed E-state index contributed by atoms with van der Waals surface area (Å²) < 4.78 is 47.0. The van der Waals surface area contributed by atoms with Crippen molar-refractivity contribution in [3.63, 3.8) is 0 Å². The maximum absolute atomic E-state index is 12.5. The molecule has 8 heteroatoms. The first-order valence-electron chi connectivity index (χ1n) is 6.85. The molecular weight excluding hydrogens is 301 g/mol. The van der Waals surface area contributed by atoms with Gasteiger partial charge in [0.25, 0.3) is 5.91 Å². The third-order valence-electron chi connectivity index (χ3n) is 3.08. The minimum Gasteiger partial charge on any atom is -0.467 e. The van der Waals surface area contributed by atoms with Gasteiger partial charge in [0.2, 0.25) is 5.88 Å². The van der Waals surface area contributed by atoms with Gasteiger partial charge in [-0.15, -0.1) is 0 Å². The monoisotopic (exact) mass is 318 g/mol. The van der Waals surface area contributed by atoms with Gasteiger partial charge in [-0.05, 0) is 26.0 Å². The van der Waals surface area contributed by atoms with E-state index in [0.717, 1.165) is 0 Å². The van der Waals surface area contributed by atoms with E-state index in [4.69, 9.17) is 4.74 Å². The molecule has 1 aromatic heterocycles. The molecule has 2 atom stereocenters. The van der Waals surface area contributed by atoms with Gasteiger partial charge in [0, 0.05) is 19.3 Å². The van der Waals surface area contributed by atoms with Crippen molar-refractivity contribution in [3.8, 4) is 5.88 Å². The first kappa shape index (κ1) is 16.5. The van der Waals surface area contributed by atoms with Crippen molar-refractivity contribution >= 4 is 5.91 Å². The topological polar surface area (TPSA) is 51.7 Å². The molecule has 1 aliphatic heterocycles. The smallest absolute Gasteiger partial charge is 0.422 e. The van der Waals surface area contributed by atoms with Gasteiger partial charge in [0.1, 0.15) is 5.56 Å². The van der Waals surface area contributed by atoms with Crippen LogP contribution in [-0.4, -0.2) is 53.9 Å². The number of alkyl halides is 3. The lowest BCUT2D eigenvalue weighted by atomic mass is 10.2. The van der Waals surface area contributed by atoms with Crippen LogP contribution < -0.4 is 4.74 Å². The largest absolute Gasteiger partial charge is 0.467 e. The Morgan fingerprint density at radius 2 is 2.05 bits per heavy atom. The van der Waals surface area contributed by atoms with E-state index in [1.54, 1.807) is 0 Å². The summed E-state index contributed by atoms with van der Waals surface area (Å²) >= 11 is 0. The van der Waals surface area contributed by atoms with E-state index in [-0.39, 0.29) is 23.7 Å². The number of carbonyl (C=O) groups excluding carboxylic acids is 1. The van der Waals surface area contributed by atoms with Crippen molar-refractivity contribution in [1.29, 1.82) is 0 Å². The van der Waals surface area contributed by atoms with Gasteiger partial charge in [-0.2, -0.15) is 13.2 Å². The molecule has 1 amide bonds. The highest BCUT2D eigenvalue weighted by Crippen LogP contribution is 2.22. The maximum atomic E-state index is 12.5. The molecule has 0 aromatic carbocycles. The second-order valence-corrected chi connectivity index (χ2v) is 5.23. The molecule has 1 aliphatic rings. The van der Waals surface area contributed by atoms with Crippen LogP contribution in [0.25, 0.3) is 0 Å². The Hall–Kier alpha value is -1.83. The number of nitrogens with zero attached hydrogens (tertiary/aromatic N) is 2. The van der Waals surface area contributed by atoms with Crippen LogP contribution in [-0.2, 0) is 4.74 Å². The Morgan fingerprint density at radius 3 is 2.64 bits per heavy atom. The first-order chi connectivity index (χ1) is 10.3. The van der Waals surface area contributed by atoms with Gasteiger partial charge in [-0.3, -0.25) is 4.79 Å². The summed E-state index contributed by atoms with van der Waals surface area (Å²) in [5, 5.41) is 0. The molecule has 1 saturated heterocycles. The quantitative estimate of drug-likeness (QED) is 0.858. The highest BCUT2D eigenvalue weighted by atomic mass is 19.4. The summed E-state index contributed by atoms with van der Waals surface area (Å²) in [6, 6.07) is 2.90. The van der Waals surface area contributed by atoms with Gasteiger partial charge in [-0.25, -0.2) is 4.98 Å². The van der Waals surface area contributed by atoms with Gasteiger partial charge in [0.05, 0.1) is 12.2 Å². The second kappa shape index (κ2) is 6.51. The summed E-state index contributed by atoms with van der Waals surface area (Å²) in [6.07, 6.45) is -3.47. The third-order valence-corrected chi connectivity index (χ3v) is 3.08. The fourth-order valence-electron chi connectivity index (χ4n) is 2.33. The Morgan fingerprint density at radius 1 is 1.41 bits per heavy atom. The minimum atomic E-state index is -4.49. The van der Waals surface area contributed by atoms with E-state index in [2.05, 4.69) is 9.72 Å². The predicted octanol–water partition coefficient (Wildman–Crippen LogP) is 2.27. The normalized spacial score (nSPS) is 22.5. The standard InChI is InChI=1S/C14H17F3N2O3/c1-9-6-19(7-10(2)22-9)13(20)11-4-3-5-18-12(11)21-8-14(15,16)17/h3-5,9-10H,6-8H2,1-2H3/t9-,10+. The Balaban J connectivity index is 2.15. The second-order valence-electron chi connectivity index (χ2n) is 5.23. The highest BCUT2D eigenvalue weighted by Gasteiger charge is 2.31. The lowest BCUT2D eigenvalue weighted by Gasteiger charge is -2.35. The number of pyridine rings is 1. The van der Waals surface area contributed by atoms with Crippen molar-refractivity contribution < 1.29 is 27.4 Å². The zero-order valence-corrected chi connectivity index (χ0v) is 12.3. The summed E-state index contributed by atoms with van der Waals surface area (Å²) in [6.45, 7) is 2.92. The van der Waals surface area contributed by atoms with E-state index in [9.17, 15) is 18.0 Å². The number of amides is 1. The number of ether oxygens (including phenoxy) is 2. The van der Waals surface area contributed by atoms with E-state index < -0.39 is 18.7 Å². The molecule has 122 valence electrons. The number of rotatable bonds is 3. The lowest BCUT2D eigenvalue weighted by molar-refractivity contribution is -0.154. The van der Waals surface area contributed by atoms with Gasteiger partial charge >= 0.3 is 6.18 Å². The molecule has 0 aliphatic carbocycles. The van der Waals surface area contributed by atoms with E-state index in [1.165, 1.54) is 23.2 Å². The molecule has 5 nitrogen and oxygen atoms in total. The van der Waals surface area contributed by atoms with Crippen LogP contribution >= 0.6 is 0 Å². The zero-order valence-electron chi connectivity index (χ0n) is 12.3. The highest BCUT2D eigenvalue weighted by molar-refractivity contribution is 5.96. The fourth-order valence-corrected chi connectivity index (χ4v) is 2.33. The Kier molecular flexibility index (Phi) is 4.90. The molecular formula is C14H17F3N2O3. The molecule has 0 saturated carbocycles. The van der Waals surface area contributed by atoms with Crippen LogP contribution in [0, 0.1) is 0 Å². The molecule has 0 unspecified atom stereocenters. The number of halogens is 3. The summed E-state index contributed by atoms with van der Waals surface area (Å²) in [4.78, 5) is 17.8. The molecule has 2 heterocycles. The van der Waals surface area contributed by atoms with Crippen molar-refractivity contribution in [2.24, 2.45) is 0 Å². The lowest BCUT2D eigenvalue weighted by Crippen LogP contribution is -2.48. The predicted molar refractivity (Wildman–Crippen MR) is 71.7 cm³/mol. The number of carbonyl (C=O) groups is 1. The molecule has 0 bridgehead atoms. The van der Waals surface area contributed by atoms with Gasteiger partial charge in [0.15, 0.2) is 6.61 Å². The first-order valence-corrected chi connectivity index (χ1v) is 6.85. The van der Waals surface area contributed by atoms with Crippen LogP contribution in [0.15, 0.2) is 18.3 Å². The summed E-state index contributed by atoms with van der Waals surface area (Å²) in [7, 11) is 0. The zero-order chi connectivity index (χ0) is 16.3. The molecule has 1 aromatic rings. The summed E-state index contributed by atoms with van der Waals surface area (Å²) in [5.74, 6) is -0.719. The number of morpholine rings is 1. The van der Waals surface area contributed by atoms with Crippen molar-refractivity contribution in [1.82, 2.24) is 9.88 Å². The number of hydrogen-bond donors (Lipinski definition) is 0. The van der Waals surface area contributed by atoms with Gasteiger partial charge in [-0.1, -0.05) is 0 Å². The van der Waals surface area contributed by atoms with Crippen LogP contribution in [0.2, 0.25) is 0 Å². The van der Waals surface area contributed by atoms with E-state index in [0.29, 0.717) is 13.1 Å². The molecule has 2 rings (SSSR count). The SMILES string of the molecule is C[C@@H]1CN(C(=O)c2cccnc2OCC(F)(F)F)C[C@H](C)O1. The van der Waals surface area contributed by atoms with Crippen molar-refractivity contribution in [2.75, 3.05) is 19.7 Å². The van der Waals surface area contributed by atoms with Gasteiger partial charge < -0.3 is 14.4 Å².